The second-order valence-electron chi connectivity index (χ2n) is 8.34. The van der Waals surface area contributed by atoms with Crippen LogP contribution in [0, 0.1) is 5.82 Å². The molecule has 5 rings (SSSR count). The molecule has 2 N–H and O–H groups in total. The van der Waals surface area contributed by atoms with Crippen LogP contribution in [0.25, 0.3) is 5.69 Å². The third-order valence-electron chi connectivity index (χ3n) is 6.09. The van der Waals surface area contributed by atoms with E-state index >= 15 is 0 Å². The average molecular weight is 433 g/mol. The molecule has 0 saturated carbocycles. The number of halogens is 1. The van der Waals surface area contributed by atoms with Crippen molar-refractivity contribution in [1.82, 2.24) is 25.3 Å². The molecule has 164 valence electrons. The van der Waals surface area contributed by atoms with Crippen LogP contribution in [-0.2, 0) is 22.6 Å². The Morgan fingerprint density at radius 2 is 1.94 bits per heavy atom. The van der Waals surface area contributed by atoms with Gasteiger partial charge in [0.05, 0.1) is 11.9 Å². The Bertz CT molecular complexity index is 1130. The van der Waals surface area contributed by atoms with E-state index in [0.29, 0.717) is 31.6 Å². The first kappa shape index (κ1) is 20.4. The lowest BCUT2D eigenvalue weighted by molar-refractivity contribution is -0.147. The highest BCUT2D eigenvalue weighted by Crippen LogP contribution is 2.24. The van der Waals surface area contributed by atoms with Gasteiger partial charge in [-0.25, -0.2) is 9.07 Å². The molecular weight excluding hydrogens is 409 g/mol. The maximum absolute atomic E-state index is 13.5. The Hall–Kier alpha value is -3.52. The monoisotopic (exact) mass is 433 g/mol. The van der Waals surface area contributed by atoms with E-state index in [-0.39, 0.29) is 23.7 Å². The molecule has 8 heteroatoms. The fraction of sp³-hybridized carbons (Fsp3) is 0.292. The zero-order valence-corrected chi connectivity index (χ0v) is 17.4. The lowest BCUT2D eigenvalue weighted by Crippen LogP contribution is -2.61. The maximum Gasteiger partial charge on any atom is 0.246 e. The van der Waals surface area contributed by atoms with Gasteiger partial charge >= 0.3 is 0 Å². The molecule has 2 amide bonds. The summed E-state index contributed by atoms with van der Waals surface area (Å²) in [5, 5.41) is 10.6. The molecule has 2 aliphatic heterocycles. The van der Waals surface area contributed by atoms with Gasteiger partial charge in [-0.1, -0.05) is 36.4 Å². The number of hydrogen-bond donors (Lipinski definition) is 2. The molecule has 0 spiro atoms. The molecule has 3 aromatic rings. The van der Waals surface area contributed by atoms with Crippen LogP contribution in [0.1, 0.15) is 17.5 Å². The molecular formula is C24H24FN5O2. The van der Waals surface area contributed by atoms with Crippen molar-refractivity contribution in [2.45, 2.75) is 37.5 Å². The smallest absolute Gasteiger partial charge is 0.246 e. The Labute approximate surface area is 185 Å². The number of amides is 2. The van der Waals surface area contributed by atoms with E-state index in [4.69, 9.17) is 0 Å². The summed E-state index contributed by atoms with van der Waals surface area (Å²) in [5.74, 6) is -0.427. The fourth-order valence-electron chi connectivity index (χ4n) is 4.47. The number of hydrogen-bond acceptors (Lipinski definition) is 4. The van der Waals surface area contributed by atoms with E-state index in [9.17, 15) is 14.0 Å². The van der Waals surface area contributed by atoms with Gasteiger partial charge in [-0.15, -0.1) is 0 Å². The first-order chi connectivity index (χ1) is 15.6. The Kier molecular flexibility index (Phi) is 5.45. The van der Waals surface area contributed by atoms with E-state index in [0.717, 1.165) is 11.1 Å². The van der Waals surface area contributed by atoms with Gasteiger partial charge < -0.3 is 15.5 Å². The van der Waals surface area contributed by atoms with Crippen molar-refractivity contribution in [3.8, 4) is 5.69 Å². The maximum atomic E-state index is 13.5. The van der Waals surface area contributed by atoms with Crippen molar-refractivity contribution in [3.05, 3.63) is 83.9 Å². The molecule has 32 heavy (non-hydrogen) atoms. The lowest BCUT2D eigenvalue weighted by atomic mass is 10.0. The van der Waals surface area contributed by atoms with Crippen LogP contribution in [0.15, 0.2) is 67.0 Å². The number of rotatable bonds is 6. The van der Waals surface area contributed by atoms with E-state index in [1.54, 1.807) is 27.9 Å². The number of fused-ring (bicyclic) bond motifs is 1. The summed E-state index contributed by atoms with van der Waals surface area (Å²) in [6, 6.07) is 15.0. The van der Waals surface area contributed by atoms with E-state index in [1.807, 2.05) is 36.5 Å². The summed E-state index contributed by atoms with van der Waals surface area (Å²) in [6.45, 7) is 1.05. The second kappa shape index (κ2) is 8.55. The zero-order valence-electron chi connectivity index (χ0n) is 17.4. The van der Waals surface area contributed by atoms with Crippen LogP contribution in [0.3, 0.4) is 0 Å². The Morgan fingerprint density at radius 1 is 1.09 bits per heavy atom. The minimum atomic E-state index is -0.524. The molecule has 7 nitrogen and oxygen atoms in total. The number of carbonyl (C=O) groups excluding carboxylic acids is 2. The summed E-state index contributed by atoms with van der Waals surface area (Å²) in [7, 11) is 0. The van der Waals surface area contributed by atoms with Crippen molar-refractivity contribution in [2.24, 2.45) is 0 Å². The highest BCUT2D eigenvalue weighted by atomic mass is 19.1. The minimum absolute atomic E-state index is 0.0164. The summed E-state index contributed by atoms with van der Waals surface area (Å²) in [4.78, 5) is 27.4. The van der Waals surface area contributed by atoms with Crippen molar-refractivity contribution < 1.29 is 14.0 Å². The highest BCUT2D eigenvalue weighted by molar-refractivity contribution is 5.97. The van der Waals surface area contributed by atoms with Crippen molar-refractivity contribution in [3.63, 3.8) is 0 Å². The third kappa shape index (κ3) is 4.13. The predicted octanol–water partition coefficient (Wildman–Crippen LogP) is 1.81. The molecule has 2 fully saturated rings. The van der Waals surface area contributed by atoms with Crippen molar-refractivity contribution >= 4 is 11.8 Å². The van der Waals surface area contributed by atoms with Crippen molar-refractivity contribution in [2.75, 3.05) is 6.54 Å². The van der Waals surface area contributed by atoms with Crippen LogP contribution in [0.2, 0.25) is 0 Å². The van der Waals surface area contributed by atoms with Crippen molar-refractivity contribution in [1.29, 1.82) is 0 Å². The van der Waals surface area contributed by atoms with Gasteiger partial charge in [-0.3, -0.25) is 9.59 Å². The Balaban J connectivity index is 1.20. The van der Waals surface area contributed by atoms with Gasteiger partial charge in [-0.05, 0) is 30.2 Å². The number of carbonyl (C=O) groups is 2. The molecule has 0 radical (unpaired) electrons. The van der Waals surface area contributed by atoms with Gasteiger partial charge in [0.1, 0.15) is 17.9 Å². The SMILES string of the molecule is O=C1N[C@H](Cc2ccccc2)C(=O)N2C[C@@H](NCc3cnn(-c4cccc(F)c4)c3)C[C@@H]12. The molecule has 2 saturated heterocycles. The molecule has 0 unspecified atom stereocenters. The Morgan fingerprint density at radius 3 is 2.75 bits per heavy atom. The number of nitrogens with zero attached hydrogens (tertiary/aromatic N) is 3. The predicted molar refractivity (Wildman–Crippen MR) is 116 cm³/mol. The molecule has 0 bridgehead atoms. The summed E-state index contributed by atoms with van der Waals surface area (Å²) in [6.07, 6.45) is 4.64. The van der Waals surface area contributed by atoms with Crippen LogP contribution < -0.4 is 10.6 Å². The number of nitrogens with one attached hydrogen (secondary N) is 2. The van der Waals surface area contributed by atoms with Crippen LogP contribution in [0.4, 0.5) is 4.39 Å². The number of piperazine rings is 1. The lowest BCUT2D eigenvalue weighted by Gasteiger charge is -2.34. The fourth-order valence-corrected chi connectivity index (χ4v) is 4.47. The highest BCUT2D eigenvalue weighted by Gasteiger charge is 2.46. The molecule has 1 aromatic heterocycles. The largest absolute Gasteiger partial charge is 0.342 e. The molecule has 3 heterocycles. The normalized spacial score (nSPS) is 22.7. The van der Waals surface area contributed by atoms with Gasteiger partial charge in [0, 0.05) is 37.3 Å². The first-order valence-electron chi connectivity index (χ1n) is 10.7. The van der Waals surface area contributed by atoms with E-state index in [2.05, 4.69) is 15.7 Å². The quantitative estimate of drug-likeness (QED) is 0.622. The van der Waals surface area contributed by atoms with Crippen LogP contribution in [-0.4, -0.2) is 51.2 Å². The van der Waals surface area contributed by atoms with E-state index in [1.165, 1.54) is 12.1 Å². The van der Waals surface area contributed by atoms with E-state index < -0.39 is 12.1 Å². The minimum Gasteiger partial charge on any atom is -0.342 e. The summed E-state index contributed by atoms with van der Waals surface area (Å²) < 4.78 is 15.1. The summed E-state index contributed by atoms with van der Waals surface area (Å²) >= 11 is 0. The number of benzene rings is 2. The van der Waals surface area contributed by atoms with Gasteiger partial charge in [0.15, 0.2) is 0 Å². The topological polar surface area (TPSA) is 79.3 Å². The van der Waals surface area contributed by atoms with Gasteiger partial charge in [0.2, 0.25) is 11.8 Å². The molecule has 3 atom stereocenters. The number of aromatic nitrogens is 2. The van der Waals surface area contributed by atoms with Gasteiger partial charge in [-0.2, -0.15) is 5.10 Å². The first-order valence-corrected chi connectivity index (χ1v) is 10.7. The van der Waals surface area contributed by atoms with Gasteiger partial charge in [0.25, 0.3) is 0 Å². The second-order valence-corrected chi connectivity index (χ2v) is 8.34. The molecule has 2 aromatic carbocycles. The molecule has 0 aliphatic carbocycles. The average Bonchev–Trinajstić information content (AvgIpc) is 3.44. The zero-order chi connectivity index (χ0) is 22.1. The van der Waals surface area contributed by atoms with Crippen LogP contribution >= 0.6 is 0 Å². The molecule has 2 aliphatic rings. The summed E-state index contributed by atoms with van der Waals surface area (Å²) in [5.41, 5.74) is 2.62. The van der Waals surface area contributed by atoms with Crippen LogP contribution in [0.5, 0.6) is 0 Å². The standard InChI is InChI=1S/C24H24FN5O2/c25-18-7-4-8-20(10-18)30-14-17(13-27-30)12-26-19-11-22-23(31)28-21(24(32)29(22)15-19)9-16-5-2-1-3-6-16/h1-8,10,13-14,19,21-22,26H,9,11-12,15H2,(H,28,31)/t19-,21+,22-/m0/s1. The third-order valence-corrected chi connectivity index (χ3v) is 6.09.